The first kappa shape index (κ1) is 17.8. The summed E-state index contributed by atoms with van der Waals surface area (Å²) >= 11 is 0. The maximum atomic E-state index is 13.0. The molecule has 0 amide bonds. The van der Waals surface area contributed by atoms with Gasteiger partial charge in [0, 0.05) is 0 Å². The highest BCUT2D eigenvalue weighted by atomic mass is 32.2. The number of sulfone groups is 1. The number of rotatable bonds is 5. The van der Waals surface area contributed by atoms with Crippen molar-refractivity contribution in [2.45, 2.75) is 17.1 Å². The fourth-order valence-electron chi connectivity index (χ4n) is 0.740. The number of carbonyl (C=O) groups excluding carboxylic acids is 1. The van der Waals surface area contributed by atoms with Crippen LogP contribution in [0.4, 0.5) is 26.3 Å². The normalized spacial score (nSPS) is 13.2. The molecule has 0 fully saturated rings. The predicted molar refractivity (Wildman–Crippen MR) is 45.2 cm³/mol. The van der Waals surface area contributed by atoms with Crippen LogP contribution in [0.15, 0.2) is 0 Å². The molecule has 0 aliphatic carbocycles. The van der Waals surface area contributed by atoms with Crippen LogP contribution in [0.5, 0.6) is 0 Å². The van der Waals surface area contributed by atoms with E-state index in [0.717, 1.165) is 0 Å². The van der Waals surface area contributed by atoms with Crippen molar-refractivity contribution < 1.29 is 44.7 Å². The van der Waals surface area contributed by atoms with Gasteiger partial charge in [0.1, 0.15) is 5.97 Å². The molecule has 0 radical (unpaired) electrons. The number of hydrogen-bond donors (Lipinski definition) is 0. The van der Waals surface area contributed by atoms with Gasteiger partial charge in [0.05, 0.1) is 0 Å². The lowest BCUT2D eigenvalue weighted by molar-refractivity contribution is -0.360. The lowest BCUT2D eigenvalue weighted by atomic mass is 10.2. The summed E-state index contributed by atoms with van der Waals surface area (Å²) in [5.74, 6) is -17.5. The molecule has 112 valence electrons. The lowest BCUT2D eigenvalue weighted by Crippen LogP contribution is -2.64. The number of carbonyl (C=O) groups is 1. The Balaban J connectivity index is 6.22. The second-order valence-electron chi connectivity index (χ2n) is 2.96. The maximum Gasteiger partial charge on any atom is 0.431 e. The Hall–Kier alpha value is -2.15. The number of carboxylic acids is 1. The third-order valence-corrected chi connectivity index (χ3v) is 3.38. The Morgan fingerprint density at radius 1 is 1.05 bits per heavy atom. The van der Waals surface area contributed by atoms with Gasteiger partial charge in [-0.2, -0.15) is 26.3 Å². The summed E-state index contributed by atoms with van der Waals surface area (Å²) in [4.78, 5) is 13.1. The second kappa shape index (κ2) is 4.75. The van der Waals surface area contributed by atoms with E-state index >= 15 is 0 Å². The zero-order valence-corrected chi connectivity index (χ0v) is 9.52. The fraction of sp³-hybridized carbons (Fsp3) is 0.429. The van der Waals surface area contributed by atoms with E-state index in [1.807, 2.05) is 0 Å². The van der Waals surface area contributed by atoms with E-state index in [1.54, 1.807) is 9.69 Å². The van der Waals surface area contributed by atoms with Gasteiger partial charge in [0.15, 0.2) is 0 Å². The molecule has 13 heteroatoms. The third-order valence-electron chi connectivity index (χ3n) is 1.79. The first-order chi connectivity index (χ1) is 8.71. The maximum absolute atomic E-state index is 13.0. The molecule has 0 saturated heterocycles. The topological polar surface area (TPSA) is 83.0 Å². The van der Waals surface area contributed by atoms with Crippen LogP contribution in [0.25, 0.3) is 9.69 Å². The van der Waals surface area contributed by atoms with Gasteiger partial charge in [-0.3, -0.25) is 13.1 Å². The van der Waals surface area contributed by atoms with Gasteiger partial charge < -0.3 is 19.6 Å². The summed E-state index contributed by atoms with van der Waals surface area (Å²) < 4.78 is 98.5. The Kier molecular flexibility index (Phi) is 4.24. The molecule has 0 heterocycles. The molecule has 20 heavy (non-hydrogen) atoms. The number of halogens is 6. The minimum Gasteiger partial charge on any atom is -0.544 e. The van der Waals surface area contributed by atoms with E-state index in [9.17, 15) is 44.7 Å². The molecule has 0 rings (SSSR count). The minimum atomic E-state index is -6.95. The Bertz CT molecular complexity index is 588. The fourth-order valence-corrected chi connectivity index (χ4v) is 1.67. The highest BCUT2D eigenvalue weighted by Crippen LogP contribution is 2.50. The predicted octanol–water partition coefficient (Wildman–Crippen LogP) is 0.300. The zero-order chi connectivity index (χ0) is 16.6. The molecule has 0 atom stereocenters. The molecule has 0 aromatic rings. The van der Waals surface area contributed by atoms with Crippen LogP contribution in [-0.2, 0) is 14.6 Å². The van der Waals surface area contributed by atoms with Crippen LogP contribution >= 0.6 is 0 Å². The van der Waals surface area contributed by atoms with Gasteiger partial charge >= 0.3 is 22.6 Å². The molecule has 0 aliphatic heterocycles. The van der Waals surface area contributed by atoms with Gasteiger partial charge in [-0.15, -0.1) is 0 Å². The van der Waals surface area contributed by atoms with E-state index < -0.39 is 38.4 Å². The van der Waals surface area contributed by atoms with Crippen molar-refractivity contribution in [2.75, 3.05) is 0 Å². The number of nitrogens with zero attached hydrogens (tertiary/aromatic N) is 2. The molecule has 0 saturated carbocycles. The van der Waals surface area contributed by atoms with E-state index in [4.69, 9.17) is 13.1 Å². The monoisotopic (exact) mass is 322 g/mol. The molecule has 0 aromatic heterocycles. The molecule has 0 unspecified atom stereocenters. The Morgan fingerprint density at radius 3 is 1.65 bits per heavy atom. The van der Waals surface area contributed by atoms with Crippen molar-refractivity contribution in [1.29, 1.82) is 0 Å². The van der Waals surface area contributed by atoms with Gasteiger partial charge in [-0.1, -0.05) is 0 Å². The summed E-state index contributed by atoms with van der Waals surface area (Å²) in [7, 11) is -6.82. The molecular formula is C7F6N2O4S-2. The van der Waals surface area contributed by atoms with Crippen LogP contribution in [0.3, 0.4) is 0 Å². The molecule has 0 N–H and O–H groups in total. The Labute approximate surface area is 107 Å². The van der Waals surface area contributed by atoms with Crippen molar-refractivity contribution in [3.63, 3.8) is 0 Å². The number of aliphatic carboxylic acids is 1. The van der Waals surface area contributed by atoms with E-state index in [0.29, 0.717) is 0 Å². The number of alkyl halides is 6. The molecular weight excluding hydrogens is 322 g/mol. The van der Waals surface area contributed by atoms with E-state index in [1.165, 1.54) is 0 Å². The SMILES string of the molecule is [C-]#[N+][C-]([N+]#[C-])S(=O)(=O)C(F)(F)C(F)(F)C(F)(F)C(=O)[O-]. The van der Waals surface area contributed by atoms with Crippen molar-refractivity contribution in [3.8, 4) is 0 Å². The largest absolute Gasteiger partial charge is 0.544 e. The van der Waals surface area contributed by atoms with Crippen LogP contribution in [-0.4, -0.2) is 31.5 Å². The average molecular weight is 322 g/mol. The molecule has 6 nitrogen and oxygen atoms in total. The molecule has 0 spiro atoms. The van der Waals surface area contributed by atoms with E-state index in [2.05, 4.69) is 0 Å². The molecule has 0 bridgehead atoms. The lowest BCUT2D eigenvalue weighted by Gasteiger charge is -2.32. The minimum absolute atomic E-state index is 1.69. The molecule has 0 aliphatic rings. The van der Waals surface area contributed by atoms with Gasteiger partial charge in [-0.25, -0.2) is 8.42 Å². The third kappa shape index (κ3) is 2.09. The summed E-state index contributed by atoms with van der Waals surface area (Å²) in [5, 5.41) is 3.04. The number of hydrogen-bond acceptors (Lipinski definition) is 4. The van der Waals surface area contributed by atoms with Crippen molar-refractivity contribution in [2.24, 2.45) is 0 Å². The Morgan fingerprint density at radius 2 is 1.40 bits per heavy atom. The summed E-state index contributed by atoms with van der Waals surface area (Å²) in [6.45, 7) is 12.1. The standard InChI is InChI=1S/C7HF6N2O4S/c1-14-4(15-2)20(18,19)7(12,13)6(10,11)5(8,9)3(16)17/h(H,16,17)/q-1/p-1. The van der Waals surface area contributed by atoms with Crippen molar-refractivity contribution in [1.82, 2.24) is 0 Å². The van der Waals surface area contributed by atoms with Gasteiger partial charge in [-0.05, 0) is 0 Å². The summed E-state index contributed by atoms with van der Waals surface area (Å²) in [6, 6.07) is 0. The van der Waals surface area contributed by atoms with Crippen molar-refractivity contribution >= 4 is 15.8 Å². The average Bonchev–Trinajstić information content (AvgIpc) is 2.29. The summed E-state index contributed by atoms with van der Waals surface area (Å²) in [5.41, 5.74) is -2.52. The quantitative estimate of drug-likeness (QED) is 0.538. The molecule has 0 aromatic carbocycles. The highest BCUT2D eigenvalue weighted by Gasteiger charge is 2.78. The highest BCUT2D eigenvalue weighted by molar-refractivity contribution is 7.95. The van der Waals surface area contributed by atoms with Crippen LogP contribution in [0.1, 0.15) is 0 Å². The summed E-state index contributed by atoms with van der Waals surface area (Å²) in [6.07, 6.45) is 0. The smallest absolute Gasteiger partial charge is 0.431 e. The van der Waals surface area contributed by atoms with E-state index in [-0.39, 0.29) is 0 Å². The zero-order valence-electron chi connectivity index (χ0n) is 8.70. The number of carboxylic acid groups (broad SMARTS) is 1. The van der Waals surface area contributed by atoms with Crippen molar-refractivity contribution in [3.05, 3.63) is 28.3 Å². The van der Waals surface area contributed by atoms with Crippen LogP contribution in [0, 0.1) is 18.6 Å². The first-order valence-corrected chi connectivity index (χ1v) is 5.41. The second-order valence-corrected chi connectivity index (χ2v) is 4.85. The first-order valence-electron chi connectivity index (χ1n) is 3.93. The van der Waals surface area contributed by atoms with Crippen LogP contribution < -0.4 is 5.11 Å². The van der Waals surface area contributed by atoms with Gasteiger partial charge in [0.2, 0.25) is 0 Å². The van der Waals surface area contributed by atoms with Gasteiger partial charge in [0.25, 0.3) is 9.84 Å². The van der Waals surface area contributed by atoms with Crippen LogP contribution in [0.2, 0.25) is 0 Å².